The van der Waals surface area contributed by atoms with E-state index in [1.54, 1.807) is 0 Å². The standard InChI is InChI=1S/C18H36N4O2/c1-3-5-13-24-14-9-12-20-18(19-4-2)21-15-17(23)22-16-10-7-6-8-11-16/h16H,3-15H2,1-2H3,(H,22,23)(H2,19,20,21). The second kappa shape index (κ2) is 14.1. The lowest BCUT2D eigenvalue weighted by atomic mass is 9.95. The molecule has 0 saturated heterocycles. The van der Waals surface area contributed by atoms with Crippen LogP contribution in [0.3, 0.4) is 0 Å². The molecule has 1 aliphatic rings. The molecule has 1 amide bonds. The number of nitrogens with one attached hydrogen (secondary N) is 3. The van der Waals surface area contributed by atoms with Gasteiger partial charge in [-0.2, -0.15) is 0 Å². The molecule has 0 spiro atoms. The maximum atomic E-state index is 12.0. The van der Waals surface area contributed by atoms with Crippen LogP contribution in [0, 0.1) is 0 Å². The third kappa shape index (κ3) is 10.5. The van der Waals surface area contributed by atoms with Gasteiger partial charge in [0.05, 0.1) is 0 Å². The highest BCUT2D eigenvalue weighted by atomic mass is 16.5. The Morgan fingerprint density at radius 2 is 1.83 bits per heavy atom. The predicted molar refractivity (Wildman–Crippen MR) is 99.3 cm³/mol. The van der Waals surface area contributed by atoms with Crippen molar-refractivity contribution in [1.29, 1.82) is 0 Å². The summed E-state index contributed by atoms with van der Waals surface area (Å²) < 4.78 is 5.53. The molecule has 1 fully saturated rings. The summed E-state index contributed by atoms with van der Waals surface area (Å²) >= 11 is 0. The molecular weight excluding hydrogens is 304 g/mol. The van der Waals surface area contributed by atoms with Crippen molar-refractivity contribution in [3.8, 4) is 0 Å². The second-order valence-corrected chi connectivity index (χ2v) is 6.34. The van der Waals surface area contributed by atoms with E-state index in [0.717, 1.165) is 52.0 Å². The van der Waals surface area contributed by atoms with E-state index < -0.39 is 0 Å². The molecule has 0 aromatic rings. The van der Waals surface area contributed by atoms with Gasteiger partial charge in [-0.25, -0.2) is 4.99 Å². The number of hydrogen-bond acceptors (Lipinski definition) is 3. The van der Waals surface area contributed by atoms with Gasteiger partial charge in [0, 0.05) is 32.3 Å². The Balaban J connectivity index is 2.19. The van der Waals surface area contributed by atoms with Crippen molar-refractivity contribution in [3.63, 3.8) is 0 Å². The number of hydrogen-bond donors (Lipinski definition) is 3. The van der Waals surface area contributed by atoms with Crippen molar-refractivity contribution in [2.24, 2.45) is 4.99 Å². The summed E-state index contributed by atoms with van der Waals surface area (Å²) in [6.45, 7) is 7.53. The van der Waals surface area contributed by atoms with Crippen molar-refractivity contribution in [2.45, 2.75) is 71.3 Å². The van der Waals surface area contributed by atoms with E-state index in [0.29, 0.717) is 12.0 Å². The summed E-state index contributed by atoms with van der Waals surface area (Å²) in [6.07, 6.45) is 9.16. The fourth-order valence-electron chi connectivity index (χ4n) is 2.74. The first-order chi connectivity index (χ1) is 11.8. The largest absolute Gasteiger partial charge is 0.381 e. The monoisotopic (exact) mass is 340 g/mol. The summed E-state index contributed by atoms with van der Waals surface area (Å²) in [4.78, 5) is 16.4. The van der Waals surface area contributed by atoms with Gasteiger partial charge in [-0.05, 0) is 32.6 Å². The van der Waals surface area contributed by atoms with E-state index in [1.165, 1.54) is 25.7 Å². The van der Waals surface area contributed by atoms with Gasteiger partial charge in [0.15, 0.2) is 5.96 Å². The third-order valence-electron chi connectivity index (χ3n) is 4.10. The number of ether oxygens (including phenoxy) is 1. The lowest BCUT2D eigenvalue weighted by Crippen LogP contribution is -2.41. The predicted octanol–water partition coefficient (Wildman–Crippen LogP) is 2.20. The molecule has 0 heterocycles. The van der Waals surface area contributed by atoms with Crippen LogP contribution < -0.4 is 16.0 Å². The van der Waals surface area contributed by atoms with E-state index in [2.05, 4.69) is 27.9 Å². The Hall–Kier alpha value is -1.30. The van der Waals surface area contributed by atoms with Crippen LogP contribution in [0.4, 0.5) is 0 Å². The summed E-state index contributed by atoms with van der Waals surface area (Å²) in [5.41, 5.74) is 0. The van der Waals surface area contributed by atoms with Crippen LogP contribution in [0.25, 0.3) is 0 Å². The van der Waals surface area contributed by atoms with Crippen molar-refractivity contribution in [1.82, 2.24) is 16.0 Å². The van der Waals surface area contributed by atoms with Crippen molar-refractivity contribution < 1.29 is 9.53 Å². The highest BCUT2D eigenvalue weighted by Gasteiger charge is 2.15. The lowest BCUT2D eigenvalue weighted by molar-refractivity contribution is -0.120. The van der Waals surface area contributed by atoms with E-state index in [9.17, 15) is 4.79 Å². The van der Waals surface area contributed by atoms with Crippen LogP contribution in [0.15, 0.2) is 4.99 Å². The van der Waals surface area contributed by atoms with Crippen molar-refractivity contribution in [3.05, 3.63) is 0 Å². The lowest BCUT2D eigenvalue weighted by Gasteiger charge is -2.22. The molecule has 0 aliphatic heterocycles. The zero-order chi connectivity index (χ0) is 17.5. The smallest absolute Gasteiger partial charge is 0.242 e. The van der Waals surface area contributed by atoms with Crippen LogP contribution >= 0.6 is 0 Å². The molecule has 0 unspecified atom stereocenters. The van der Waals surface area contributed by atoms with Gasteiger partial charge in [-0.1, -0.05) is 32.6 Å². The molecule has 24 heavy (non-hydrogen) atoms. The van der Waals surface area contributed by atoms with Crippen LogP contribution in [-0.4, -0.2) is 50.8 Å². The van der Waals surface area contributed by atoms with Crippen LogP contribution in [0.1, 0.15) is 65.2 Å². The fraction of sp³-hybridized carbons (Fsp3) is 0.889. The number of carbonyl (C=O) groups excluding carboxylic acids is 1. The molecule has 140 valence electrons. The van der Waals surface area contributed by atoms with Crippen LogP contribution in [0.2, 0.25) is 0 Å². The van der Waals surface area contributed by atoms with Gasteiger partial charge in [0.1, 0.15) is 6.54 Å². The zero-order valence-corrected chi connectivity index (χ0v) is 15.5. The maximum Gasteiger partial charge on any atom is 0.242 e. The number of rotatable bonds is 11. The van der Waals surface area contributed by atoms with Crippen LogP contribution in [-0.2, 0) is 9.53 Å². The average molecular weight is 341 g/mol. The van der Waals surface area contributed by atoms with E-state index in [-0.39, 0.29) is 12.5 Å². The van der Waals surface area contributed by atoms with Crippen molar-refractivity contribution >= 4 is 11.9 Å². The first kappa shape index (κ1) is 20.7. The Morgan fingerprint density at radius 1 is 1.08 bits per heavy atom. The molecule has 0 atom stereocenters. The molecule has 0 radical (unpaired) electrons. The minimum Gasteiger partial charge on any atom is -0.381 e. The molecule has 0 aromatic heterocycles. The SMILES string of the molecule is CCCCOCCCNC(=NCC(=O)NC1CCCCC1)NCC. The quantitative estimate of drug-likeness (QED) is 0.306. The topological polar surface area (TPSA) is 74.8 Å². The van der Waals surface area contributed by atoms with Crippen LogP contribution in [0.5, 0.6) is 0 Å². The molecule has 3 N–H and O–H groups in total. The van der Waals surface area contributed by atoms with Gasteiger partial charge in [-0.3, -0.25) is 4.79 Å². The molecule has 0 bridgehead atoms. The summed E-state index contributed by atoms with van der Waals surface area (Å²) in [7, 11) is 0. The summed E-state index contributed by atoms with van der Waals surface area (Å²) in [6, 6.07) is 0.345. The molecular formula is C18H36N4O2. The highest BCUT2D eigenvalue weighted by Crippen LogP contribution is 2.17. The minimum atomic E-state index is 0.0157. The Kier molecular flexibility index (Phi) is 12.2. The molecule has 0 aromatic carbocycles. The molecule has 1 saturated carbocycles. The molecule has 6 heteroatoms. The number of unbranched alkanes of at least 4 members (excludes halogenated alkanes) is 1. The average Bonchev–Trinajstić information content (AvgIpc) is 2.59. The maximum absolute atomic E-state index is 12.0. The normalized spacial score (nSPS) is 16.0. The van der Waals surface area contributed by atoms with E-state index >= 15 is 0 Å². The Morgan fingerprint density at radius 3 is 2.54 bits per heavy atom. The number of aliphatic imine (C=N–C) groups is 1. The number of nitrogens with zero attached hydrogens (tertiary/aromatic N) is 1. The van der Waals surface area contributed by atoms with Gasteiger partial charge >= 0.3 is 0 Å². The number of carbonyl (C=O) groups is 1. The summed E-state index contributed by atoms with van der Waals surface area (Å²) in [5, 5.41) is 9.51. The molecule has 6 nitrogen and oxygen atoms in total. The molecule has 1 rings (SSSR count). The van der Waals surface area contributed by atoms with Gasteiger partial charge in [0.2, 0.25) is 5.91 Å². The minimum absolute atomic E-state index is 0.0157. The van der Waals surface area contributed by atoms with Gasteiger partial charge < -0.3 is 20.7 Å². The first-order valence-corrected chi connectivity index (χ1v) is 9.65. The number of amides is 1. The van der Waals surface area contributed by atoms with Crippen molar-refractivity contribution in [2.75, 3.05) is 32.8 Å². The van der Waals surface area contributed by atoms with E-state index in [4.69, 9.17) is 4.74 Å². The van der Waals surface area contributed by atoms with Gasteiger partial charge in [0.25, 0.3) is 0 Å². The van der Waals surface area contributed by atoms with E-state index in [1.807, 2.05) is 6.92 Å². The van der Waals surface area contributed by atoms with Gasteiger partial charge in [-0.15, -0.1) is 0 Å². The second-order valence-electron chi connectivity index (χ2n) is 6.34. The Bertz CT molecular complexity index is 355. The highest BCUT2D eigenvalue weighted by molar-refractivity contribution is 5.84. The summed E-state index contributed by atoms with van der Waals surface area (Å²) in [5.74, 6) is 0.715. The fourth-order valence-corrected chi connectivity index (χ4v) is 2.74. The Labute approximate surface area is 147 Å². The third-order valence-corrected chi connectivity index (χ3v) is 4.10. The zero-order valence-electron chi connectivity index (χ0n) is 15.5. The first-order valence-electron chi connectivity index (χ1n) is 9.65. The molecule has 1 aliphatic carbocycles. The number of guanidine groups is 1.